The highest BCUT2D eigenvalue weighted by Gasteiger charge is 2.30. The Balaban J connectivity index is 1.75. The molecule has 2 amide bonds. The molecule has 120 valence electrons. The average Bonchev–Trinajstić information content (AvgIpc) is 3.35. The summed E-state index contributed by atoms with van der Waals surface area (Å²) in [6.45, 7) is 0. The van der Waals surface area contributed by atoms with Gasteiger partial charge >= 0.3 is 0 Å². The van der Waals surface area contributed by atoms with Crippen molar-refractivity contribution in [2.24, 2.45) is 11.7 Å². The lowest BCUT2D eigenvalue weighted by molar-refractivity contribution is -0.117. The number of carbonyl (C=O) groups is 2. The summed E-state index contributed by atoms with van der Waals surface area (Å²) >= 11 is 0. The first-order valence-electron chi connectivity index (χ1n) is 7.69. The van der Waals surface area contributed by atoms with Crippen LogP contribution in [0.15, 0.2) is 42.5 Å². The molecule has 3 N–H and O–H groups in total. The van der Waals surface area contributed by atoms with Gasteiger partial charge in [-0.3, -0.25) is 14.9 Å². The van der Waals surface area contributed by atoms with Crippen LogP contribution in [0.1, 0.15) is 23.2 Å². The third-order valence-electron chi connectivity index (χ3n) is 3.99. The van der Waals surface area contributed by atoms with Gasteiger partial charge in [0.1, 0.15) is 0 Å². The van der Waals surface area contributed by atoms with Crippen LogP contribution in [0.5, 0.6) is 0 Å². The van der Waals surface area contributed by atoms with E-state index in [9.17, 15) is 9.59 Å². The summed E-state index contributed by atoms with van der Waals surface area (Å²) in [5.41, 5.74) is 7.93. The molecule has 0 unspecified atom stereocenters. The molecule has 0 bridgehead atoms. The molecule has 0 saturated heterocycles. The zero-order chi connectivity index (χ0) is 16.7. The second-order valence-electron chi connectivity index (χ2n) is 5.83. The summed E-state index contributed by atoms with van der Waals surface area (Å²) in [5.74, 6) is -0.156. The van der Waals surface area contributed by atoms with Crippen LogP contribution in [0.4, 0.5) is 5.95 Å². The van der Waals surface area contributed by atoms with Crippen molar-refractivity contribution >= 4 is 23.4 Å². The first-order valence-corrected chi connectivity index (χ1v) is 7.69. The number of pyridine rings is 1. The maximum absolute atomic E-state index is 11.9. The number of nitrogens with two attached hydrogens (primary N) is 1. The Bertz CT molecular complexity index is 959. The van der Waals surface area contributed by atoms with E-state index >= 15 is 0 Å². The van der Waals surface area contributed by atoms with E-state index in [1.165, 1.54) is 0 Å². The van der Waals surface area contributed by atoms with Crippen molar-refractivity contribution in [2.75, 3.05) is 5.32 Å². The molecular formula is C17H15N5O2. The number of carbonyl (C=O) groups excluding carboxylic acids is 2. The minimum atomic E-state index is -0.486. The quantitative estimate of drug-likeness (QED) is 0.765. The van der Waals surface area contributed by atoms with Gasteiger partial charge in [-0.05, 0) is 37.1 Å². The van der Waals surface area contributed by atoms with E-state index in [-0.39, 0.29) is 17.8 Å². The molecule has 24 heavy (non-hydrogen) atoms. The Hall–Kier alpha value is -3.22. The van der Waals surface area contributed by atoms with Gasteiger partial charge < -0.3 is 5.73 Å². The molecule has 7 heteroatoms. The van der Waals surface area contributed by atoms with Gasteiger partial charge in [0.25, 0.3) is 0 Å². The van der Waals surface area contributed by atoms with Crippen LogP contribution in [0.3, 0.4) is 0 Å². The second kappa shape index (κ2) is 5.45. The number of rotatable bonds is 4. The zero-order valence-electron chi connectivity index (χ0n) is 12.8. The highest BCUT2D eigenvalue weighted by Crippen LogP contribution is 2.30. The number of benzene rings is 1. The van der Waals surface area contributed by atoms with Crippen LogP contribution in [0.2, 0.25) is 0 Å². The number of hydrogen-bond donors (Lipinski definition) is 2. The lowest BCUT2D eigenvalue weighted by atomic mass is 10.1. The predicted molar refractivity (Wildman–Crippen MR) is 88.3 cm³/mol. The van der Waals surface area contributed by atoms with Crippen molar-refractivity contribution in [3.05, 3.63) is 48.0 Å². The van der Waals surface area contributed by atoms with Crippen LogP contribution in [0, 0.1) is 5.92 Å². The minimum absolute atomic E-state index is 0.0387. The molecular weight excluding hydrogens is 306 g/mol. The molecule has 0 radical (unpaired) electrons. The number of nitrogens with one attached hydrogen (secondary N) is 1. The van der Waals surface area contributed by atoms with Crippen molar-refractivity contribution in [3.63, 3.8) is 0 Å². The maximum atomic E-state index is 11.9. The zero-order valence-corrected chi connectivity index (χ0v) is 12.8. The van der Waals surface area contributed by atoms with Gasteiger partial charge in [-0.15, -0.1) is 5.10 Å². The number of nitrogens with zero attached hydrogens (tertiary/aromatic N) is 3. The van der Waals surface area contributed by atoms with E-state index in [1.54, 1.807) is 28.8 Å². The normalized spacial score (nSPS) is 13.8. The average molecular weight is 321 g/mol. The first kappa shape index (κ1) is 14.4. The van der Waals surface area contributed by atoms with Crippen LogP contribution in [-0.2, 0) is 4.79 Å². The molecule has 0 atom stereocenters. The lowest BCUT2D eigenvalue weighted by Crippen LogP contribution is -2.14. The Morgan fingerprint density at radius 2 is 1.96 bits per heavy atom. The first-order chi connectivity index (χ1) is 11.6. The smallest absolute Gasteiger partial charge is 0.249 e. The molecule has 1 fully saturated rings. The van der Waals surface area contributed by atoms with E-state index in [4.69, 9.17) is 5.73 Å². The third-order valence-corrected chi connectivity index (χ3v) is 3.99. The summed E-state index contributed by atoms with van der Waals surface area (Å²) in [7, 11) is 0. The molecule has 4 rings (SSSR count). The Labute approximate surface area is 137 Å². The van der Waals surface area contributed by atoms with Crippen LogP contribution >= 0.6 is 0 Å². The van der Waals surface area contributed by atoms with E-state index < -0.39 is 5.91 Å². The molecule has 3 aromatic rings. The summed E-state index contributed by atoms with van der Waals surface area (Å²) in [5, 5.41) is 7.12. The Morgan fingerprint density at radius 1 is 1.17 bits per heavy atom. The maximum Gasteiger partial charge on any atom is 0.249 e. The van der Waals surface area contributed by atoms with E-state index in [1.807, 2.05) is 18.2 Å². The van der Waals surface area contributed by atoms with Gasteiger partial charge in [-0.1, -0.05) is 18.2 Å². The van der Waals surface area contributed by atoms with E-state index in [0.717, 1.165) is 24.1 Å². The summed E-state index contributed by atoms with van der Waals surface area (Å²) < 4.78 is 1.64. The number of anilines is 1. The molecule has 0 aliphatic heterocycles. The topological polar surface area (TPSA) is 102 Å². The third kappa shape index (κ3) is 2.60. The van der Waals surface area contributed by atoms with Crippen molar-refractivity contribution in [1.29, 1.82) is 0 Å². The van der Waals surface area contributed by atoms with Gasteiger partial charge in [0, 0.05) is 17.0 Å². The molecule has 1 aliphatic rings. The number of primary amides is 1. The minimum Gasteiger partial charge on any atom is -0.366 e. The van der Waals surface area contributed by atoms with Gasteiger partial charge in [0.15, 0.2) is 5.65 Å². The SMILES string of the molecule is NC(=O)c1cccc(-c2cccc3nc(NC(=O)C4CC4)nn23)c1. The lowest BCUT2D eigenvalue weighted by Gasteiger charge is -2.05. The summed E-state index contributed by atoms with van der Waals surface area (Å²) in [4.78, 5) is 27.6. The molecule has 0 spiro atoms. The number of aromatic nitrogens is 3. The molecule has 2 aromatic heterocycles. The van der Waals surface area contributed by atoms with Crippen molar-refractivity contribution in [2.45, 2.75) is 12.8 Å². The molecule has 1 aliphatic carbocycles. The van der Waals surface area contributed by atoms with E-state index in [2.05, 4.69) is 15.4 Å². The fraction of sp³-hybridized carbons (Fsp3) is 0.176. The monoisotopic (exact) mass is 321 g/mol. The highest BCUT2D eigenvalue weighted by molar-refractivity contribution is 5.94. The number of amides is 2. The van der Waals surface area contributed by atoms with Crippen LogP contribution in [0.25, 0.3) is 16.9 Å². The molecule has 7 nitrogen and oxygen atoms in total. The standard InChI is InChI=1S/C17H15N5O2/c18-15(23)12-4-1-3-11(9-12)13-5-2-6-14-19-17(21-22(13)14)20-16(24)10-7-8-10/h1-6,9-10H,7-8H2,(H2,18,23)(H,20,21,24). The van der Waals surface area contributed by atoms with E-state index in [0.29, 0.717) is 11.2 Å². The van der Waals surface area contributed by atoms with Gasteiger partial charge in [-0.2, -0.15) is 4.98 Å². The second-order valence-corrected chi connectivity index (χ2v) is 5.83. The molecule has 1 aromatic carbocycles. The van der Waals surface area contributed by atoms with Crippen molar-refractivity contribution < 1.29 is 9.59 Å². The number of fused-ring (bicyclic) bond motifs is 1. The van der Waals surface area contributed by atoms with Gasteiger partial charge in [0.2, 0.25) is 17.8 Å². The van der Waals surface area contributed by atoms with Crippen molar-refractivity contribution in [3.8, 4) is 11.3 Å². The summed E-state index contributed by atoms with van der Waals surface area (Å²) in [6.07, 6.45) is 1.84. The Morgan fingerprint density at radius 3 is 2.71 bits per heavy atom. The Kier molecular flexibility index (Phi) is 3.26. The highest BCUT2D eigenvalue weighted by atomic mass is 16.2. The molecule has 2 heterocycles. The summed E-state index contributed by atoms with van der Waals surface area (Å²) in [6, 6.07) is 12.5. The number of hydrogen-bond acceptors (Lipinski definition) is 4. The fourth-order valence-electron chi connectivity index (χ4n) is 2.57. The predicted octanol–water partition coefficient (Wildman–Crippen LogP) is 1.84. The van der Waals surface area contributed by atoms with Gasteiger partial charge in [-0.25, -0.2) is 4.52 Å². The molecule has 1 saturated carbocycles. The fourth-order valence-corrected chi connectivity index (χ4v) is 2.57. The largest absolute Gasteiger partial charge is 0.366 e. The van der Waals surface area contributed by atoms with Crippen LogP contribution in [-0.4, -0.2) is 26.4 Å². The van der Waals surface area contributed by atoms with Gasteiger partial charge in [0.05, 0.1) is 5.69 Å². The van der Waals surface area contributed by atoms with Crippen LogP contribution < -0.4 is 11.1 Å². The van der Waals surface area contributed by atoms with Crippen molar-refractivity contribution in [1.82, 2.24) is 14.6 Å².